The first-order chi connectivity index (χ1) is 9.56. The van der Waals surface area contributed by atoms with E-state index in [1.54, 1.807) is 6.49 Å². The summed E-state index contributed by atoms with van der Waals surface area (Å²) in [4.78, 5) is 4.47. The van der Waals surface area contributed by atoms with Crippen LogP contribution >= 0.6 is 0 Å². The van der Waals surface area contributed by atoms with Gasteiger partial charge in [0.15, 0.2) is 0 Å². The number of halogens is 2. The molecule has 3 rings (SSSR count). The Morgan fingerprint density at radius 2 is 1.86 bits per heavy atom. The minimum atomic E-state index is -0.220. The molecule has 0 saturated carbocycles. The van der Waals surface area contributed by atoms with Crippen LogP contribution in [0.25, 0.3) is 0 Å². The first-order valence-corrected chi connectivity index (χ1v) is 9.64. The van der Waals surface area contributed by atoms with Crippen LogP contribution in [0.1, 0.15) is 34.1 Å². The van der Waals surface area contributed by atoms with Gasteiger partial charge < -0.3 is 24.8 Å². The Morgan fingerprint density at radius 3 is 2.36 bits per heavy atom. The third-order valence-electron chi connectivity index (χ3n) is 3.15. The van der Waals surface area contributed by atoms with E-state index in [2.05, 4.69) is 69.1 Å². The van der Waals surface area contributed by atoms with Gasteiger partial charge in [0.05, 0.1) is 5.70 Å². The zero-order valence-electron chi connectivity index (χ0n) is 13.5. The largest absolute Gasteiger partial charge is 1.00 e. The minimum absolute atomic E-state index is 0. The van der Waals surface area contributed by atoms with Crippen LogP contribution in [-0.4, -0.2) is 8.92 Å². The Balaban J connectivity index is 0.000000374. The first kappa shape index (κ1) is 21.7. The molecule has 0 spiro atoms. The number of allylic oxidation sites excluding steroid dienone is 8. The molecule has 0 bridgehead atoms. The Morgan fingerprint density at radius 1 is 1.14 bits per heavy atom. The molecule has 0 atom stereocenters. The standard InChI is InChI=1S/C10H11N.C5H5.C3H6.2ClH.Zr/c1-7(2)10-6-8-4-3-5-9(8)11-10;1-2-4-5-3-1;1-3-2;;;/h3-7H,1-2H3;1-3H,4H2;1-2H3;2*1H;/q;;;;;+2/p-2. The van der Waals surface area contributed by atoms with Gasteiger partial charge in [-0.1, -0.05) is 26.0 Å². The summed E-state index contributed by atoms with van der Waals surface area (Å²) in [7, 11) is 0. The first-order valence-electron chi connectivity index (χ1n) is 7.18. The molecular formula is C18H22Cl2NZr. The Labute approximate surface area is 157 Å². The fourth-order valence-corrected chi connectivity index (χ4v) is 4.70. The monoisotopic (exact) mass is 412 g/mol. The number of hydrogen-bond acceptors (Lipinski definition) is 1. The summed E-state index contributed by atoms with van der Waals surface area (Å²) in [5, 5.41) is 0. The summed E-state index contributed by atoms with van der Waals surface area (Å²) >= 11 is -0.220. The normalized spacial score (nSPS) is 16.2. The van der Waals surface area contributed by atoms with Gasteiger partial charge in [-0.3, -0.25) is 4.99 Å². The molecule has 3 aliphatic rings. The van der Waals surface area contributed by atoms with E-state index in [0.29, 0.717) is 5.92 Å². The van der Waals surface area contributed by atoms with Gasteiger partial charge in [-0.25, -0.2) is 0 Å². The summed E-state index contributed by atoms with van der Waals surface area (Å²) in [6.07, 6.45) is 16.3. The average Bonchev–Trinajstić information content (AvgIpc) is 3.02. The van der Waals surface area contributed by atoms with Crippen LogP contribution in [0.3, 0.4) is 0 Å². The van der Waals surface area contributed by atoms with E-state index in [-0.39, 0.29) is 47.6 Å². The second-order valence-electron chi connectivity index (χ2n) is 5.65. The van der Waals surface area contributed by atoms with E-state index in [4.69, 9.17) is 0 Å². The molecule has 0 aromatic heterocycles. The third kappa shape index (κ3) is 6.44. The predicted molar refractivity (Wildman–Crippen MR) is 85.8 cm³/mol. The Bertz CT molecular complexity index is 599. The van der Waals surface area contributed by atoms with Gasteiger partial charge >= 0.3 is 67.7 Å². The topological polar surface area (TPSA) is 12.4 Å². The van der Waals surface area contributed by atoms with Crippen molar-refractivity contribution >= 4 is 8.92 Å². The molecule has 0 aromatic carbocycles. The van der Waals surface area contributed by atoms with Crippen molar-refractivity contribution in [2.75, 3.05) is 0 Å². The van der Waals surface area contributed by atoms with Crippen molar-refractivity contribution < 1.29 is 47.6 Å². The van der Waals surface area contributed by atoms with E-state index < -0.39 is 0 Å². The predicted octanol–water partition coefficient (Wildman–Crippen LogP) is -1.39. The van der Waals surface area contributed by atoms with Crippen LogP contribution in [0.2, 0.25) is 0 Å². The SMILES string of the molecule is CC(C)C1=NC2=CC=CC2=C1.C[C](C)=[Zr+2][C]1=CC=CC1.[Cl-].[Cl-]. The molecule has 0 saturated heterocycles. The molecule has 1 heterocycles. The second-order valence-corrected chi connectivity index (χ2v) is 10.3. The molecule has 0 amide bonds. The molecule has 0 aromatic rings. The summed E-state index contributed by atoms with van der Waals surface area (Å²) in [6.45, 7) is 8.85. The van der Waals surface area contributed by atoms with Crippen LogP contribution < -0.4 is 24.8 Å². The molecule has 4 heteroatoms. The van der Waals surface area contributed by atoms with E-state index >= 15 is 0 Å². The maximum atomic E-state index is 4.47. The van der Waals surface area contributed by atoms with Crippen LogP contribution in [-0.2, 0) is 22.8 Å². The number of rotatable bonds is 2. The van der Waals surface area contributed by atoms with Gasteiger partial charge in [-0.15, -0.1) is 0 Å². The molecule has 1 aliphatic heterocycles. The molecule has 117 valence electrons. The number of aliphatic imine (C=N–C) groups is 1. The number of hydrogen-bond donors (Lipinski definition) is 0. The maximum Gasteiger partial charge on any atom is -1.00 e. The van der Waals surface area contributed by atoms with Crippen molar-refractivity contribution in [1.29, 1.82) is 0 Å². The van der Waals surface area contributed by atoms with Crippen molar-refractivity contribution in [3.05, 3.63) is 57.1 Å². The molecule has 0 radical (unpaired) electrons. The van der Waals surface area contributed by atoms with Gasteiger partial charge in [0.2, 0.25) is 0 Å². The van der Waals surface area contributed by atoms with Crippen LogP contribution in [0.4, 0.5) is 0 Å². The van der Waals surface area contributed by atoms with Gasteiger partial charge in [-0.05, 0) is 18.1 Å². The number of fused-ring (bicyclic) bond motifs is 1. The van der Waals surface area contributed by atoms with Crippen molar-refractivity contribution in [3.8, 4) is 0 Å². The molecule has 0 N–H and O–H groups in total. The molecule has 2 aliphatic carbocycles. The van der Waals surface area contributed by atoms with Crippen molar-refractivity contribution in [2.45, 2.75) is 34.1 Å². The minimum Gasteiger partial charge on any atom is -1.00 e. The summed E-state index contributed by atoms with van der Waals surface area (Å²) in [6, 6.07) is 0. The summed E-state index contributed by atoms with van der Waals surface area (Å²) < 4.78 is 3.40. The molecule has 0 fully saturated rings. The smallest absolute Gasteiger partial charge is 1.00 e. The Hall–Kier alpha value is -0.297. The quantitative estimate of drug-likeness (QED) is 0.528. The fourth-order valence-electron chi connectivity index (χ4n) is 2.14. The van der Waals surface area contributed by atoms with E-state index in [1.807, 2.05) is 6.08 Å². The molecule has 1 nitrogen and oxygen atoms in total. The molecule has 0 unspecified atom stereocenters. The summed E-state index contributed by atoms with van der Waals surface area (Å²) in [5.74, 6) is 0.544. The van der Waals surface area contributed by atoms with Crippen LogP contribution in [0.5, 0.6) is 0 Å². The van der Waals surface area contributed by atoms with Gasteiger partial charge in [0.25, 0.3) is 0 Å². The van der Waals surface area contributed by atoms with E-state index in [1.165, 1.54) is 17.7 Å². The van der Waals surface area contributed by atoms with Crippen LogP contribution in [0.15, 0.2) is 62.1 Å². The third-order valence-corrected chi connectivity index (χ3v) is 6.08. The van der Waals surface area contributed by atoms with Crippen molar-refractivity contribution in [3.63, 3.8) is 0 Å². The van der Waals surface area contributed by atoms with Gasteiger partial charge in [0, 0.05) is 11.3 Å². The zero-order chi connectivity index (χ0) is 14.5. The van der Waals surface area contributed by atoms with E-state index in [0.717, 1.165) is 5.70 Å². The van der Waals surface area contributed by atoms with Crippen molar-refractivity contribution in [2.24, 2.45) is 10.9 Å². The van der Waals surface area contributed by atoms with E-state index in [9.17, 15) is 0 Å². The van der Waals surface area contributed by atoms with Crippen LogP contribution in [0, 0.1) is 5.92 Å². The Kier molecular flexibility index (Phi) is 10.3. The van der Waals surface area contributed by atoms with Gasteiger partial charge in [-0.2, -0.15) is 0 Å². The van der Waals surface area contributed by atoms with Gasteiger partial charge in [0.1, 0.15) is 0 Å². The maximum absolute atomic E-state index is 4.47. The fraction of sp³-hybridized carbons (Fsp3) is 0.333. The number of nitrogens with zero attached hydrogens (tertiary/aromatic N) is 1. The molecule has 22 heavy (non-hydrogen) atoms. The zero-order valence-corrected chi connectivity index (χ0v) is 17.5. The summed E-state index contributed by atoms with van der Waals surface area (Å²) in [5.41, 5.74) is 3.61. The average molecular weight is 415 g/mol. The second kappa shape index (κ2) is 10.5. The van der Waals surface area contributed by atoms with Crippen molar-refractivity contribution in [1.82, 2.24) is 0 Å². The molecular weight excluding hydrogens is 392 g/mol.